The van der Waals surface area contributed by atoms with Crippen molar-refractivity contribution in [2.45, 2.75) is 26.8 Å². The van der Waals surface area contributed by atoms with Gasteiger partial charge in [-0.15, -0.1) is 0 Å². The Morgan fingerprint density at radius 2 is 1.83 bits per heavy atom. The van der Waals surface area contributed by atoms with Crippen LogP contribution in [0.1, 0.15) is 23.7 Å². The average Bonchev–Trinajstić information content (AvgIpc) is 2.79. The molecule has 0 saturated heterocycles. The molecular weight excluding hydrogens is 374 g/mol. The number of nitrogens with one attached hydrogen (secondary N) is 1. The highest BCUT2D eigenvalue weighted by Gasteiger charge is 2.27. The van der Waals surface area contributed by atoms with Crippen molar-refractivity contribution >= 4 is 17.5 Å². The summed E-state index contributed by atoms with van der Waals surface area (Å²) in [5, 5.41) is 3.04. The van der Waals surface area contributed by atoms with E-state index >= 15 is 0 Å². The Morgan fingerprint density at radius 1 is 1.10 bits per heavy atom. The number of carbonyl (C=O) groups excluding carboxylic acids is 1. The summed E-state index contributed by atoms with van der Waals surface area (Å²) in [6.45, 7) is 6.05. The standard InChI is InChI=1S/C24H27N5O/c1-4-28(3)23-19-16-29(24(30)26-20-13-9-8-10-17(20)2)15-14-21(19)25-22(27-23)18-11-6-5-7-12-18/h5-13H,4,14-16H2,1-3H3,(H,26,30). The van der Waals surface area contributed by atoms with Gasteiger partial charge in [-0.25, -0.2) is 14.8 Å². The zero-order valence-corrected chi connectivity index (χ0v) is 17.7. The van der Waals surface area contributed by atoms with Gasteiger partial charge in [0.1, 0.15) is 5.82 Å². The molecule has 30 heavy (non-hydrogen) atoms. The molecule has 0 aliphatic carbocycles. The Hall–Kier alpha value is -3.41. The van der Waals surface area contributed by atoms with E-state index in [9.17, 15) is 4.79 Å². The number of rotatable bonds is 4. The molecule has 6 nitrogen and oxygen atoms in total. The maximum atomic E-state index is 12.9. The molecule has 6 heteroatoms. The molecule has 1 aromatic heterocycles. The van der Waals surface area contributed by atoms with Gasteiger partial charge < -0.3 is 15.1 Å². The van der Waals surface area contributed by atoms with Crippen molar-refractivity contribution in [1.29, 1.82) is 0 Å². The Balaban J connectivity index is 1.64. The number of aryl methyl sites for hydroxylation is 1. The predicted octanol–water partition coefficient (Wildman–Crippen LogP) is 4.50. The van der Waals surface area contributed by atoms with Crippen LogP contribution in [-0.4, -0.2) is 41.0 Å². The fourth-order valence-electron chi connectivity index (χ4n) is 3.66. The summed E-state index contributed by atoms with van der Waals surface area (Å²) in [5.74, 6) is 1.64. The van der Waals surface area contributed by atoms with Crippen molar-refractivity contribution in [3.05, 3.63) is 71.4 Å². The van der Waals surface area contributed by atoms with Gasteiger partial charge in [-0.1, -0.05) is 48.5 Å². The highest BCUT2D eigenvalue weighted by Crippen LogP contribution is 2.29. The second-order valence-electron chi connectivity index (χ2n) is 7.59. The van der Waals surface area contributed by atoms with Gasteiger partial charge in [0.15, 0.2) is 5.82 Å². The number of anilines is 2. The van der Waals surface area contributed by atoms with Gasteiger partial charge in [-0.3, -0.25) is 0 Å². The van der Waals surface area contributed by atoms with Gasteiger partial charge in [-0.05, 0) is 25.5 Å². The quantitative estimate of drug-likeness (QED) is 0.699. The van der Waals surface area contributed by atoms with Gasteiger partial charge >= 0.3 is 6.03 Å². The van der Waals surface area contributed by atoms with E-state index in [1.165, 1.54) is 0 Å². The average molecular weight is 402 g/mol. The minimum absolute atomic E-state index is 0.0906. The highest BCUT2D eigenvalue weighted by molar-refractivity contribution is 5.90. The summed E-state index contributed by atoms with van der Waals surface area (Å²) < 4.78 is 0. The monoisotopic (exact) mass is 401 g/mol. The van der Waals surface area contributed by atoms with Crippen molar-refractivity contribution in [2.24, 2.45) is 0 Å². The molecule has 2 heterocycles. The van der Waals surface area contributed by atoms with Crippen LogP contribution in [0.4, 0.5) is 16.3 Å². The van der Waals surface area contributed by atoms with Crippen molar-refractivity contribution in [1.82, 2.24) is 14.9 Å². The lowest BCUT2D eigenvalue weighted by Crippen LogP contribution is -2.40. The maximum Gasteiger partial charge on any atom is 0.322 e. The Kier molecular flexibility index (Phi) is 5.65. The summed E-state index contributed by atoms with van der Waals surface area (Å²) in [4.78, 5) is 26.6. The van der Waals surface area contributed by atoms with E-state index in [0.717, 1.165) is 46.3 Å². The Labute approximate surface area is 177 Å². The molecule has 0 radical (unpaired) electrons. The number of aromatic nitrogens is 2. The molecule has 1 aliphatic heterocycles. The molecule has 4 rings (SSSR count). The molecule has 0 bridgehead atoms. The summed E-state index contributed by atoms with van der Waals surface area (Å²) >= 11 is 0. The highest BCUT2D eigenvalue weighted by atomic mass is 16.2. The Bertz CT molecular complexity index is 1050. The molecule has 0 atom stereocenters. The molecule has 0 saturated carbocycles. The van der Waals surface area contributed by atoms with Crippen LogP contribution < -0.4 is 10.2 Å². The van der Waals surface area contributed by atoms with Crippen molar-refractivity contribution in [3.63, 3.8) is 0 Å². The molecule has 2 amide bonds. The summed E-state index contributed by atoms with van der Waals surface area (Å²) in [7, 11) is 2.03. The van der Waals surface area contributed by atoms with Crippen molar-refractivity contribution in [2.75, 3.05) is 30.4 Å². The van der Waals surface area contributed by atoms with E-state index in [2.05, 4.69) is 17.1 Å². The van der Waals surface area contributed by atoms with Crippen molar-refractivity contribution < 1.29 is 4.79 Å². The van der Waals surface area contributed by atoms with E-state index in [4.69, 9.17) is 9.97 Å². The minimum atomic E-state index is -0.0906. The van der Waals surface area contributed by atoms with Gasteiger partial charge in [0.2, 0.25) is 0 Å². The largest absolute Gasteiger partial charge is 0.360 e. The second-order valence-corrected chi connectivity index (χ2v) is 7.59. The first-order valence-corrected chi connectivity index (χ1v) is 10.3. The third kappa shape index (κ3) is 3.99. The smallest absolute Gasteiger partial charge is 0.322 e. The zero-order valence-electron chi connectivity index (χ0n) is 17.7. The van der Waals surface area contributed by atoms with Crippen LogP contribution in [-0.2, 0) is 13.0 Å². The molecule has 0 fully saturated rings. The number of para-hydroxylation sites is 1. The lowest BCUT2D eigenvalue weighted by atomic mass is 10.0. The molecule has 1 aliphatic rings. The molecule has 2 aromatic carbocycles. The number of urea groups is 1. The third-order valence-corrected chi connectivity index (χ3v) is 5.58. The fraction of sp³-hybridized carbons (Fsp3) is 0.292. The first-order chi connectivity index (χ1) is 14.6. The van der Waals surface area contributed by atoms with Gasteiger partial charge in [-0.2, -0.15) is 0 Å². The number of amides is 2. The molecule has 0 spiro atoms. The number of hydrogen-bond donors (Lipinski definition) is 1. The first kappa shape index (κ1) is 19.9. The van der Waals surface area contributed by atoms with E-state index in [0.29, 0.717) is 19.5 Å². The van der Waals surface area contributed by atoms with Crippen LogP contribution in [0.15, 0.2) is 54.6 Å². The van der Waals surface area contributed by atoms with Crippen LogP contribution in [0.2, 0.25) is 0 Å². The number of fused-ring (bicyclic) bond motifs is 1. The Morgan fingerprint density at radius 3 is 2.57 bits per heavy atom. The second kappa shape index (κ2) is 8.53. The maximum absolute atomic E-state index is 12.9. The molecule has 3 aromatic rings. The number of benzene rings is 2. The summed E-state index contributed by atoms with van der Waals surface area (Å²) in [6.07, 6.45) is 0.712. The van der Waals surface area contributed by atoms with E-state index in [-0.39, 0.29) is 6.03 Å². The van der Waals surface area contributed by atoms with E-state index in [1.54, 1.807) is 0 Å². The first-order valence-electron chi connectivity index (χ1n) is 10.3. The van der Waals surface area contributed by atoms with Gasteiger partial charge in [0.05, 0.1) is 12.2 Å². The van der Waals surface area contributed by atoms with Crippen LogP contribution >= 0.6 is 0 Å². The van der Waals surface area contributed by atoms with Crippen LogP contribution in [0.25, 0.3) is 11.4 Å². The normalized spacial score (nSPS) is 13.0. The summed E-state index contributed by atoms with van der Waals surface area (Å²) in [5.41, 5.74) is 4.95. The van der Waals surface area contributed by atoms with Crippen molar-refractivity contribution in [3.8, 4) is 11.4 Å². The van der Waals surface area contributed by atoms with Gasteiger partial charge in [0, 0.05) is 43.4 Å². The third-order valence-electron chi connectivity index (χ3n) is 5.58. The minimum Gasteiger partial charge on any atom is -0.360 e. The number of nitrogens with zero attached hydrogens (tertiary/aromatic N) is 4. The van der Waals surface area contributed by atoms with E-state index in [1.807, 2.05) is 73.5 Å². The van der Waals surface area contributed by atoms with Crippen LogP contribution in [0.3, 0.4) is 0 Å². The van der Waals surface area contributed by atoms with Crippen LogP contribution in [0, 0.1) is 6.92 Å². The predicted molar refractivity (Wildman–Crippen MR) is 121 cm³/mol. The number of carbonyl (C=O) groups is 1. The summed E-state index contributed by atoms with van der Waals surface area (Å²) in [6, 6.07) is 17.8. The molecular formula is C24H27N5O. The topological polar surface area (TPSA) is 61.4 Å². The van der Waals surface area contributed by atoms with Gasteiger partial charge in [0.25, 0.3) is 0 Å². The van der Waals surface area contributed by atoms with Crippen LogP contribution in [0.5, 0.6) is 0 Å². The molecule has 0 unspecified atom stereocenters. The van der Waals surface area contributed by atoms with E-state index < -0.39 is 0 Å². The number of hydrogen-bond acceptors (Lipinski definition) is 4. The zero-order chi connectivity index (χ0) is 21.1. The SMILES string of the molecule is CCN(C)c1nc(-c2ccccc2)nc2c1CN(C(=O)Nc1ccccc1C)CC2. The fourth-order valence-corrected chi connectivity index (χ4v) is 3.66. The lowest BCUT2D eigenvalue weighted by molar-refractivity contribution is 0.206. The molecule has 1 N–H and O–H groups in total. The lowest BCUT2D eigenvalue weighted by Gasteiger charge is -2.31. The molecule has 154 valence electrons.